The Morgan fingerprint density at radius 1 is 0.891 bits per heavy atom. The van der Waals surface area contributed by atoms with Gasteiger partial charge in [0, 0.05) is 25.2 Å². The predicted molar refractivity (Wildman–Crippen MR) is 173 cm³/mol. The summed E-state index contributed by atoms with van der Waals surface area (Å²) in [4.78, 5) is 26.2. The lowest BCUT2D eigenvalue weighted by Gasteiger charge is -2.27. The van der Waals surface area contributed by atoms with Gasteiger partial charge in [-0.1, -0.05) is 74.9 Å². The number of halogens is 2. The Morgan fingerprint density at radius 2 is 1.57 bits per heavy atom. The molecule has 0 spiro atoms. The Balaban J connectivity index is 1.78. The molecule has 3 rings (SSSR count). The van der Waals surface area contributed by atoms with E-state index in [1.165, 1.54) is 0 Å². The normalized spacial score (nSPS) is 13.4. The maximum absolute atomic E-state index is 13.9. The smallest absolute Gasteiger partial charge is 0.408 e. The van der Waals surface area contributed by atoms with Crippen molar-refractivity contribution in [1.82, 2.24) is 10.6 Å². The molecular weight excluding hydrogens is 616 g/mol. The monoisotopic (exact) mass is 659 g/mol. The van der Waals surface area contributed by atoms with E-state index in [1.54, 1.807) is 30.3 Å². The van der Waals surface area contributed by atoms with Crippen molar-refractivity contribution in [2.75, 3.05) is 18.1 Å². The molecule has 4 N–H and O–H groups in total. The minimum absolute atomic E-state index is 0.0365. The molecule has 0 aliphatic carbocycles. The number of ether oxygens (including phenoxy) is 2. The molecule has 0 fully saturated rings. The molecule has 46 heavy (non-hydrogen) atoms. The topological polar surface area (TPSA) is 137 Å². The Hall–Kier alpha value is -3.87. The van der Waals surface area contributed by atoms with Gasteiger partial charge in [-0.05, 0) is 53.6 Å². The van der Waals surface area contributed by atoms with Gasteiger partial charge in [0.25, 0.3) is 0 Å². The van der Waals surface area contributed by atoms with Crippen molar-refractivity contribution in [2.24, 2.45) is 5.73 Å². The summed E-state index contributed by atoms with van der Waals surface area (Å²) in [6.45, 7) is 4.22. The summed E-state index contributed by atoms with van der Waals surface area (Å²) >= 11 is 0. The van der Waals surface area contributed by atoms with Crippen molar-refractivity contribution >= 4 is 21.9 Å². The molecule has 0 bridgehead atoms. The SMILES string of the molecule is CCCCS(=O)(=O)CC(NC(=O)OCc1ccccc1)C(=O)O[C@H](CNCc1cccc(CC)c1)[C@@H](N)Cc1cc(F)cc(F)c1. The summed E-state index contributed by atoms with van der Waals surface area (Å²) in [7, 11) is -3.78. The van der Waals surface area contributed by atoms with Crippen LogP contribution in [-0.4, -0.2) is 56.7 Å². The molecular formula is C34H43F2N3O6S. The van der Waals surface area contributed by atoms with E-state index in [2.05, 4.69) is 10.6 Å². The van der Waals surface area contributed by atoms with Crippen LogP contribution in [0.2, 0.25) is 0 Å². The first-order valence-electron chi connectivity index (χ1n) is 15.3. The van der Waals surface area contributed by atoms with Crippen LogP contribution in [0.15, 0.2) is 72.8 Å². The van der Waals surface area contributed by atoms with Crippen molar-refractivity contribution in [2.45, 2.75) is 70.9 Å². The van der Waals surface area contributed by atoms with Gasteiger partial charge in [-0.2, -0.15) is 0 Å². The lowest BCUT2D eigenvalue weighted by Crippen LogP contribution is -2.52. The number of hydrogen-bond acceptors (Lipinski definition) is 8. The number of benzene rings is 3. The molecule has 0 heterocycles. The minimum atomic E-state index is -3.78. The zero-order valence-electron chi connectivity index (χ0n) is 26.2. The fourth-order valence-corrected chi connectivity index (χ4v) is 6.36. The number of aryl methyl sites for hydroxylation is 1. The van der Waals surface area contributed by atoms with Crippen LogP contribution in [0.5, 0.6) is 0 Å². The maximum Gasteiger partial charge on any atom is 0.408 e. The largest absolute Gasteiger partial charge is 0.458 e. The number of rotatable bonds is 18. The first-order valence-corrected chi connectivity index (χ1v) is 17.2. The van der Waals surface area contributed by atoms with Crippen LogP contribution in [0.3, 0.4) is 0 Å². The fraction of sp³-hybridized carbons (Fsp3) is 0.412. The van der Waals surface area contributed by atoms with Crippen molar-refractivity contribution in [3.8, 4) is 0 Å². The van der Waals surface area contributed by atoms with Gasteiger partial charge in [-0.3, -0.25) is 0 Å². The zero-order chi connectivity index (χ0) is 33.5. The number of unbranched alkanes of at least 4 members (excludes halogenated alkanes) is 1. The molecule has 0 radical (unpaired) electrons. The second-order valence-corrected chi connectivity index (χ2v) is 13.4. The Bertz CT molecular complexity index is 1500. The molecule has 1 amide bonds. The van der Waals surface area contributed by atoms with Crippen molar-refractivity contribution in [3.05, 3.63) is 107 Å². The number of hydrogen-bond donors (Lipinski definition) is 3. The number of alkyl carbamates (subject to hydrolysis) is 1. The van der Waals surface area contributed by atoms with E-state index in [4.69, 9.17) is 15.2 Å². The third-order valence-electron chi connectivity index (χ3n) is 7.23. The van der Waals surface area contributed by atoms with E-state index in [0.29, 0.717) is 24.9 Å². The second-order valence-electron chi connectivity index (χ2n) is 11.2. The van der Waals surface area contributed by atoms with E-state index in [-0.39, 0.29) is 30.9 Å². The van der Waals surface area contributed by atoms with Gasteiger partial charge in [-0.15, -0.1) is 0 Å². The number of carbonyl (C=O) groups excluding carboxylic acids is 2. The molecule has 0 aliphatic heterocycles. The van der Waals surface area contributed by atoms with Crippen molar-refractivity contribution in [1.29, 1.82) is 0 Å². The van der Waals surface area contributed by atoms with Gasteiger partial charge >= 0.3 is 12.1 Å². The summed E-state index contributed by atoms with van der Waals surface area (Å²) in [5.74, 6) is -3.47. The van der Waals surface area contributed by atoms with Crippen LogP contribution in [0.25, 0.3) is 0 Å². The molecule has 3 aromatic carbocycles. The highest BCUT2D eigenvalue weighted by Crippen LogP contribution is 2.14. The van der Waals surface area contributed by atoms with Crippen LogP contribution < -0.4 is 16.4 Å². The number of sulfone groups is 1. The van der Waals surface area contributed by atoms with Crippen molar-refractivity contribution < 1.29 is 36.3 Å². The van der Waals surface area contributed by atoms with Crippen LogP contribution in [-0.2, 0) is 50.1 Å². The van der Waals surface area contributed by atoms with E-state index in [0.717, 1.165) is 35.7 Å². The van der Waals surface area contributed by atoms with Gasteiger partial charge in [0.05, 0.1) is 11.5 Å². The van der Waals surface area contributed by atoms with Gasteiger partial charge in [0.15, 0.2) is 9.84 Å². The molecule has 0 saturated heterocycles. The number of carbonyl (C=O) groups is 2. The summed E-state index contributed by atoms with van der Waals surface area (Å²) in [6, 6.07) is 17.2. The maximum atomic E-state index is 13.9. The molecule has 0 aliphatic rings. The quantitative estimate of drug-likeness (QED) is 0.169. The standard InChI is InChI=1S/C34H43F2N3O6S/c1-3-5-14-46(42,43)23-31(39-34(41)44-22-25-10-7-6-8-11-25)33(40)45-32(21-38-20-26-13-9-12-24(4-2)15-26)30(37)18-27-16-28(35)19-29(36)17-27/h6-13,15-17,19,30-32,38H,3-5,14,18,20-23,37H2,1-2H3,(H,39,41)/t30-,31?,32+/m0/s1. The van der Waals surface area contributed by atoms with Gasteiger partial charge in [0.2, 0.25) is 0 Å². The highest BCUT2D eigenvalue weighted by atomic mass is 32.2. The van der Waals surface area contributed by atoms with Gasteiger partial charge < -0.3 is 25.8 Å². The second kappa shape index (κ2) is 18.3. The molecule has 3 atom stereocenters. The van der Waals surface area contributed by atoms with Crippen LogP contribution in [0.1, 0.15) is 48.9 Å². The van der Waals surface area contributed by atoms with Gasteiger partial charge in [0.1, 0.15) is 30.4 Å². The van der Waals surface area contributed by atoms with Crippen LogP contribution >= 0.6 is 0 Å². The Kier molecular flexibility index (Phi) is 14.6. The highest BCUT2D eigenvalue weighted by molar-refractivity contribution is 7.91. The summed E-state index contributed by atoms with van der Waals surface area (Å²) in [6.07, 6.45) is -0.259. The Morgan fingerprint density at radius 3 is 2.24 bits per heavy atom. The lowest BCUT2D eigenvalue weighted by molar-refractivity contribution is -0.151. The summed E-state index contributed by atoms with van der Waals surface area (Å²) in [5, 5.41) is 5.55. The average Bonchev–Trinajstić information content (AvgIpc) is 3.02. The zero-order valence-corrected chi connectivity index (χ0v) is 27.0. The fourth-order valence-electron chi connectivity index (χ4n) is 4.74. The molecule has 12 heteroatoms. The van der Waals surface area contributed by atoms with Crippen molar-refractivity contribution in [3.63, 3.8) is 0 Å². The van der Waals surface area contributed by atoms with E-state index >= 15 is 0 Å². The number of nitrogens with two attached hydrogens (primary N) is 1. The third kappa shape index (κ3) is 12.9. The van der Waals surface area contributed by atoms with Crippen LogP contribution in [0, 0.1) is 11.6 Å². The first-order chi connectivity index (χ1) is 22.0. The van der Waals surface area contributed by atoms with Gasteiger partial charge in [-0.25, -0.2) is 26.8 Å². The molecule has 0 aromatic heterocycles. The van der Waals surface area contributed by atoms with E-state index < -0.39 is 57.5 Å². The average molecular weight is 660 g/mol. The predicted octanol–water partition coefficient (Wildman–Crippen LogP) is 4.61. The number of nitrogens with one attached hydrogen (secondary N) is 2. The van der Waals surface area contributed by atoms with E-state index in [1.807, 2.05) is 38.1 Å². The van der Waals surface area contributed by atoms with Crippen LogP contribution in [0.4, 0.5) is 13.6 Å². The molecule has 3 aromatic rings. The molecule has 250 valence electrons. The summed E-state index contributed by atoms with van der Waals surface area (Å²) in [5.41, 5.74) is 9.51. The first kappa shape index (κ1) is 36.6. The minimum Gasteiger partial charge on any atom is -0.458 e. The number of amides is 1. The van der Waals surface area contributed by atoms with E-state index in [9.17, 15) is 26.8 Å². The number of esters is 1. The summed E-state index contributed by atoms with van der Waals surface area (Å²) < 4.78 is 64.5. The molecule has 1 unspecified atom stereocenters. The molecule has 0 saturated carbocycles. The lowest BCUT2D eigenvalue weighted by atomic mass is 10.0. The Labute approximate surface area is 269 Å². The molecule has 9 nitrogen and oxygen atoms in total. The third-order valence-corrected chi connectivity index (χ3v) is 8.98. The highest BCUT2D eigenvalue weighted by Gasteiger charge is 2.32.